The Morgan fingerprint density at radius 2 is 1.58 bits per heavy atom. The average Bonchev–Trinajstić information content (AvgIpc) is 1.80. The fourth-order valence-electron chi connectivity index (χ4n) is 0.441. The lowest BCUT2D eigenvalue weighted by Gasteiger charge is -2.18. The van der Waals surface area contributed by atoms with Crippen molar-refractivity contribution in [3.8, 4) is 0 Å². The van der Waals surface area contributed by atoms with Crippen molar-refractivity contribution in [1.29, 1.82) is 0 Å². The second kappa shape index (κ2) is 4.91. The molecule has 0 N–H and O–H groups in total. The summed E-state index contributed by atoms with van der Waals surface area (Å²) in [5, 5.41) is 0. The first-order chi connectivity index (χ1) is 4.84. The van der Waals surface area contributed by atoms with Crippen molar-refractivity contribution < 1.29 is 4.39 Å². The highest BCUT2D eigenvalue weighted by atomic mass is 19.1. The molecule has 0 nitrogen and oxygen atoms in total. The minimum Gasteiger partial charge on any atom is -0.208 e. The lowest BCUT2D eigenvalue weighted by Crippen LogP contribution is -2.05. The van der Waals surface area contributed by atoms with Crippen molar-refractivity contribution in [3.05, 3.63) is 36.7 Å². The Balaban J connectivity index is 0. The SMILES string of the molecule is C.C=C(F)/C=C\C(=C)C(C)(C)C. The molecule has 0 aromatic carbocycles. The molecule has 70 valence electrons. The maximum absolute atomic E-state index is 12.1. The highest BCUT2D eigenvalue weighted by molar-refractivity contribution is 5.25. The second-order valence-electron chi connectivity index (χ2n) is 3.56. The normalized spacial score (nSPS) is 11.0. The molecule has 0 rings (SSSR count). The predicted octanol–water partition coefficient (Wildman–Crippen LogP) is 4.26. The molecule has 0 fully saturated rings. The smallest absolute Gasteiger partial charge is 0.116 e. The molecule has 1 heteroatoms. The van der Waals surface area contributed by atoms with Gasteiger partial charge in [-0.25, -0.2) is 4.39 Å². The summed E-state index contributed by atoms with van der Waals surface area (Å²) in [4.78, 5) is 0. The molecule has 12 heavy (non-hydrogen) atoms. The summed E-state index contributed by atoms with van der Waals surface area (Å²) in [7, 11) is 0. The fourth-order valence-corrected chi connectivity index (χ4v) is 0.441. The van der Waals surface area contributed by atoms with Crippen molar-refractivity contribution in [3.63, 3.8) is 0 Å². The number of hydrogen-bond acceptors (Lipinski definition) is 0. The first-order valence-electron chi connectivity index (χ1n) is 3.56. The Labute approximate surface area is 75.5 Å². The summed E-state index contributed by atoms with van der Waals surface area (Å²) in [5.74, 6) is -0.435. The van der Waals surface area contributed by atoms with E-state index in [2.05, 4.69) is 13.2 Å². The highest BCUT2D eigenvalue weighted by Crippen LogP contribution is 2.24. The van der Waals surface area contributed by atoms with Gasteiger partial charge in [-0.15, -0.1) is 0 Å². The first-order valence-corrected chi connectivity index (χ1v) is 3.56. The van der Waals surface area contributed by atoms with E-state index in [1.165, 1.54) is 6.08 Å². The van der Waals surface area contributed by atoms with Crippen molar-refractivity contribution >= 4 is 0 Å². The van der Waals surface area contributed by atoms with E-state index in [1.807, 2.05) is 20.8 Å². The zero-order valence-electron chi connectivity index (χ0n) is 7.45. The monoisotopic (exact) mass is 170 g/mol. The second-order valence-corrected chi connectivity index (χ2v) is 3.56. The third kappa shape index (κ3) is 5.90. The minimum absolute atomic E-state index is 0. The van der Waals surface area contributed by atoms with Crippen molar-refractivity contribution in [2.75, 3.05) is 0 Å². The molecule has 0 bridgehead atoms. The molecular weight excluding hydrogens is 151 g/mol. The molecule has 0 radical (unpaired) electrons. The zero-order valence-corrected chi connectivity index (χ0v) is 7.45. The van der Waals surface area contributed by atoms with Crippen LogP contribution in [0.15, 0.2) is 36.7 Å². The molecule has 0 amide bonds. The standard InChI is InChI=1S/C10H15F.CH4/c1-8(10(3,4)5)6-7-9(2)11;/h6-7H,1-2H2,3-5H3;1H4/b7-6-;. The quantitative estimate of drug-likeness (QED) is 0.543. The molecule has 0 aliphatic heterocycles. The van der Waals surface area contributed by atoms with Gasteiger partial charge < -0.3 is 0 Å². The Kier molecular flexibility index (Phi) is 5.62. The summed E-state index contributed by atoms with van der Waals surface area (Å²) in [6.07, 6.45) is 2.98. The van der Waals surface area contributed by atoms with Crippen LogP contribution in [0.1, 0.15) is 28.2 Å². The molecule has 0 aromatic heterocycles. The van der Waals surface area contributed by atoms with Gasteiger partial charge in [-0.2, -0.15) is 0 Å². The van der Waals surface area contributed by atoms with Gasteiger partial charge in [-0.1, -0.05) is 47.4 Å². The maximum atomic E-state index is 12.1. The average molecular weight is 170 g/mol. The van der Waals surface area contributed by atoms with Crippen LogP contribution in [-0.2, 0) is 0 Å². The van der Waals surface area contributed by atoms with Crippen LogP contribution in [-0.4, -0.2) is 0 Å². The van der Waals surface area contributed by atoms with Crippen LogP contribution in [0.2, 0.25) is 0 Å². The van der Waals surface area contributed by atoms with E-state index in [0.29, 0.717) is 0 Å². The van der Waals surface area contributed by atoms with Gasteiger partial charge in [-0.3, -0.25) is 0 Å². The molecule has 0 heterocycles. The van der Waals surface area contributed by atoms with Crippen LogP contribution in [0.4, 0.5) is 4.39 Å². The predicted molar refractivity (Wildman–Crippen MR) is 54.7 cm³/mol. The van der Waals surface area contributed by atoms with Crippen LogP contribution in [0.3, 0.4) is 0 Å². The third-order valence-electron chi connectivity index (χ3n) is 1.43. The minimum atomic E-state index is -0.435. The van der Waals surface area contributed by atoms with Gasteiger partial charge in [0.25, 0.3) is 0 Å². The van der Waals surface area contributed by atoms with E-state index >= 15 is 0 Å². The summed E-state index contributed by atoms with van der Waals surface area (Å²) in [6.45, 7) is 13.0. The molecule has 0 saturated heterocycles. The zero-order chi connectivity index (χ0) is 9.07. The van der Waals surface area contributed by atoms with E-state index in [0.717, 1.165) is 5.57 Å². The molecule has 0 aromatic rings. The molecule has 0 aliphatic carbocycles. The van der Waals surface area contributed by atoms with Crippen LogP contribution in [0, 0.1) is 5.41 Å². The summed E-state index contributed by atoms with van der Waals surface area (Å²) < 4.78 is 12.1. The van der Waals surface area contributed by atoms with Gasteiger partial charge in [0.15, 0.2) is 0 Å². The lowest BCUT2D eigenvalue weighted by molar-refractivity contribution is 0.518. The first kappa shape index (κ1) is 13.7. The molecule has 0 atom stereocenters. The van der Waals surface area contributed by atoms with E-state index in [1.54, 1.807) is 6.08 Å². The Hall–Kier alpha value is -0.850. The molecular formula is C11H19F. The topological polar surface area (TPSA) is 0 Å². The number of rotatable bonds is 2. The largest absolute Gasteiger partial charge is 0.208 e. The van der Waals surface area contributed by atoms with Crippen molar-refractivity contribution in [2.24, 2.45) is 5.41 Å². The van der Waals surface area contributed by atoms with E-state index in [-0.39, 0.29) is 12.8 Å². The fraction of sp³-hybridized carbons (Fsp3) is 0.455. The van der Waals surface area contributed by atoms with Gasteiger partial charge in [0.05, 0.1) is 0 Å². The van der Waals surface area contributed by atoms with Gasteiger partial charge in [0.2, 0.25) is 0 Å². The molecule has 0 spiro atoms. The molecule has 0 aliphatic rings. The van der Waals surface area contributed by atoms with Crippen molar-refractivity contribution in [1.82, 2.24) is 0 Å². The Morgan fingerprint density at radius 1 is 1.17 bits per heavy atom. The van der Waals surface area contributed by atoms with Gasteiger partial charge in [0, 0.05) is 0 Å². The van der Waals surface area contributed by atoms with Crippen LogP contribution < -0.4 is 0 Å². The maximum Gasteiger partial charge on any atom is 0.116 e. The lowest BCUT2D eigenvalue weighted by atomic mass is 9.87. The van der Waals surface area contributed by atoms with Gasteiger partial charge >= 0.3 is 0 Å². The van der Waals surface area contributed by atoms with E-state index in [4.69, 9.17) is 0 Å². The van der Waals surface area contributed by atoms with Crippen LogP contribution in [0.5, 0.6) is 0 Å². The number of hydrogen-bond donors (Lipinski definition) is 0. The summed E-state index contributed by atoms with van der Waals surface area (Å²) >= 11 is 0. The van der Waals surface area contributed by atoms with Crippen LogP contribution >= 0.6 is 0 Å². The summed E-state index contributed by atoms with van der Waals surface area (Å²) in [5.41, 5.74) is 0.905. The van der Waals surface area contributed by atoms with Gasteiger partial charge in [0.1, 0.15) is 5.83 Å². The third-order valence-corrected chi connectivity index (χ3v) is 1.43. The Bertz CT molecular complexity index is 192. The van der Waals surface area contributed by atoms with Crippen molar-refractivity contribution in [2.45, 2.75) is 28.2 Å². The van der Waals surface area contributed by atoms with E-state index in [9.17, 15) is 4.39 Å². The van der Waals surface area contributed by atoms with E-state index < -0.39 is 5.83 Å². The van der Waals surface area contributed by atoms with Gasteiger partial charge in [-0.05, 0) is 17.1 Å². The summed E-state index contributed by atoms with van der Waals surface area (Å²) in [6, 6.07) is 0. The van der Waals surface area contributed by atoms with Crippen LogP contribution in [0.25, 0.3) is 0 Å². The Morgan fingerprint density at radius 3 is 1.83 bits per heavy atom. The molecule has 0 saturated carbocycles. The molecule has 0 unspecified atom stereocenters. The highest BCUT2D eigenvalue weighted by Gasteiger charge is 2.11. The number of halogens is 1. The number of allylic oxidation sites excluding steroid dienone is 4.